The highest BCUT2D eigenvalue weighted by Gasteiger charge is 2.15. The minimum atomic E-state index is -3.41. The maximum absolute atomic E-state index is 11.9. The molecule has 5 nitrogen and oxygen atoms in total. The van der Waals surface area contributed by atoms with E-state index in [1.165, 1.54) is 7.05 Å². The van der Waals surface area contributed by atoms with Gasteiger partial charge in [0.1, 0.15) is 0 Å². The fraction of sp³-hybridized carbons (Fsp3) is 0.538. The molecule has 0 heterocycles. The molecule has 6 heteroatoms. The number of anilines is 1. The Morgan fingerprint density at radius 2 is 2.05 bits per heavy atom. The summed E-state index contributed by atoms with van der Waals surface area (Å²) in [5, 5.41) is 3.22. The number of sulfonamides is 1. The van der Waals surface area contributed by atoms with Crippen LogP contribution in [0.5, 0.6) is 0 Å². The van der Waals surface area contributed by atoms with Gasteiger partial charge in [-0.15, -0.1) is 0 Å². The molecule has 0 radical (unpaired) electrons. The fourth-order valence-corrected chi connectivity index (χ4v) is 2.74. The van der Waals surface area contributed by atoms with Crippen molar-refractivity contribution in [3.05, 3.63) is 23.8 Å². The highest BCUT2D eigenvalue weighted by atomic mass is 32.2. The molecule has 0 aromatic heterocycles. The van der Waals surface area contributed by atoms with Crippen LogP contribution >= 0.6 is 0 Å². The molecule has 0 aliphatic carbocycles. The molecule has 1 aromatic rings. The van der Waals surface area contributed by atoms with E-state index in [2.05, 4.69) is 17.0 Å². The second-order valence-corrected chi connectivity index (χ2v) is 6.48. The average Bonchev–Trinajstić information content (AvgIpc) is 2.38. The van der Waals surface area contributed by atoms with Gasteiger partial charge in [0.05, 0.1) is 11.5 Å². The lowest BCUT2D eigenvalue weighted by atomic mass is 10.2. The van der Waals surface area contributed by atoms with Gasteiger partial charge in [-0.25, -0.2) is 13.1 Å². The predicted octanol–water partition coefficient (Wildman–Crippen LogP) is 1.60. The van der Waals surface area contributed by atoms with Crippen molar-refractivity contribution < 1.29 is 13.2 Å². The van der Waals surface area contributed by atoms with Gasteiger partial charge in [0, 0.05) is 19.3 Å². The van der Waals surface area contributed by atoms with E-state index in [4.69, 9.17) is 4.74 Å². The molecule has 2 N–H and O–H groups in total. The number of aryl methyl sites for hydroxylation is 1. The largest absolute Gasteiger partial charge is 0.385 e. The number of methoxy groups -OCH3 is 1. The number of hydrogen-bond donors (Lipinski definition) is 2. The summed E-state index contributed by atoms with van der Waals surface area (Å²) in [5.41, 5.74) is 1.52. The van der Waals surface area contributed by atoms with E-state index in [1.807, 2.05) is 6.07 Å². The minimum Gasteiger partial charge on any atom is -0.385 e. The highest BCUT2D eigenvalue weighted by Crippen LogP contribution is 2.20. The molecular weight excluding hydrogens is 264 g/mol. The predicted molar refractivity (Wildman–Crippen MR) is 77.0 cm³/mol. The molecule has 0 fully saturated rings. The third-order valence-electron chi connectivity index (χ3n) is 2.85. The topological polar surface area (TPSA) is 67.4 Å². The van der Waals surface area contributed by atoms with Crippen LogP contribution in [0.1, 0.15) is 12.5 Å². The van der Waals surface area contributed by atoms with Gasteiger partial charge in [0.15, 0.2) is 0 Å². The van der Waals surface area contributed by atoms with Crippen molar-refractivity contribution in [2.45, 2.75) is 18.7 Å². The molecule has 19 heavy (non-hydrogen) atoms. The second-order valence-electron chi connectivity index (χ2n) is 4.63. The summed E-state index contributed by atoms with van der Waals surface area (Å²) < 4.78 is 31.1. The Balaban J connectivity index is 2.85. The van der Waals surface area contributed by atoms with Crippen molar-refractivity contribution in [1.29, 1.82) is 0 Å². The Morgan fingerprint density at radius 3 is 2.63 bits per heavy atom. The molecule has 0 aliphatic heterocycles. The van der Waals surface area contributed by atoms with E-state index in [0.717, 1.165) is 17.8 Å². The van der Waals surface area contributed by atoms with Crippen molar-refractivity contribution in [2.24, 2.45) is 5.92 Å². The van der Waals surface area contributed by atoms with Crippen molar-refractivity contribution in [3.63, 3.8) is 0 Å². The van der Waals surface area contributed by atoms with Gasteiger partial charge in [0.2, 0.25) is 10.0 Å². The van der Waals surface area contributed by atoms with E-state index in [1.54, 1.807) is 26.2 Å². The molecule has 1 rings (SSSR count). The molecule has 108 valence electrons. The van der Waals surface area contributed by atoms with Crippen LogP contribution in [0.2, 0.25) is 0 Å². The number of benzene rings is 1. The molecule has 0 saturated carbocycles. The first-order valence-electron chi connectivity index (χ1n) is 6.17. The Hall–Kier alpha value is -1.11. The molecule has 1 aromatic carbocycles. The van der Waals surface area contributed by atoms with Crippen LogP contribution in [-0.2, 0) is 14.8 Å². The third-order valence-corrected chi connectivity index (χ3v) is 4.41. The van der Waals surface area contributed by atoms with Crippen LogP contribution in [0.3, 0.4) is 0 Å². The maximum Gasteiger partial charge on any atom is 0.240 e. The molecular formula is C13H22N2O3S. The minimum absolute atomic E-state index is 0.305. The standard InChI is InChI=1S/C13H22N2O3S/c1-10(9-18-4)8-15-12-6-5-11(2)13(7-12)19(16,17)14-3/h5-7,10,14-15H,8-9H2,1-4H3. The zero-order valence-electron chi connectivity index (χ0n) is 11.9. The Bertz CT molecular complexity index is 515. The zero-order valence-corrected chi connectivity index (χ0v) is 12.7. The summed E-state index contributed by atoms with van der Waals surface area (Å²) >= 11 is 0. The van der Waals surface area contributed by atoms with Gasteiger partial charge in [0.25, 0.3) is 0 Å². The molecule has 0 amide bonds. The summed E-state index contributed by atoms with van der Waals surface area (Å²) in [5.74, 6) is 0.357. The van der Waals surface area contributed by atoms with Crippen LogP contribution in [-0.4, -0.2) is 35.7 Å². The van der Waals surface area contributed by atoms with E-state index < -0.39 is 10.0 Å². The average molecular weight is 286 g/mol. The van der Waals surface area contributed by atoms with E-state index in [0.29, 0.717) is 17.4 Å². The normalized spacial score (nSPS) is 13.3. The molecule has 0 saturated heterocycles. The first-order valence-corrected chi connectivity index (χ1v) is 7.66. The Kier molecular flexibility index (Phi) is 5.78. The summed E-state index contributed by atoms with van der Waals surface area (Å²) in [7, 11) is -0.336. The van der Waals surface area contributed by atoms with Crippen LogP contribution in [0, 0.1) is 12.8 Å². The first-order chi connectivity index (χ1) is 8.90. The molecule has 1 unspecified atom stereocenters. The zero-order chi connectivity index (χ0) is 14.5. The van der Waals surface area contributed by atoms with Crippen LogP contribution in [0.15, 0.2) is 23.1 Å². The number of nitrogens with one attached hydrogen (secondary N) is 2. The number of rotatable bonds is 7. The monoisotopic (exact) mass is 286 g/mol. The summed E-state index contributed by atoms with van der Waals surface area (Å²) in [6, 6.07) is 5.33. The first kappa shape index (κ1) is 15.9. The van der Waals surface area contributed by atoms with Gasteiger partial charge in [-0.1, -0.05) is 13.0 Å². The van der Waals surface area contributed by atoms with Crippen LogP contribution in [0.25, 0.3) is 0 Å². The molecule has 1 atom stereocenters. The molecule has 0 spiro atoms. The van der Waals surface area contributed by atoms with Crippen molar-refractivity contribution in [3.8, 4) is 0 Å². The fourth-order valence-electron chi connectivity index (χ4n) is 1.75. The quantitative estimate of drug-likeness (QED) is 0.799. The van der Waals surface area contributed by atoms with Gasteiger partial charge >= 0.3 is 0 Å². The van der Waals surface area contributed by atoms with E-state index in [9.17, 15) is 8.42 Å². The lowest BCUT2D eigenvalue weighted by Gasteiger charge is -2.14. The van der Waals surface area contributed by atoms with Gasteiger partial charge in [-0.2, -0.15) is 0 Å². The lowest BCUT2D eigenvalue weighted by molar-refractivity contribution is 0.164. The van der Waals surface area contributed by atoms with E-state index >= 15 is 0 Å². The van der Waals surface area contributed by atoms with E-state index in [-0.39, 0.29) is 0 Å². The van der Waals surface area contributed by atoms with Crippen molar-refractivity contribution in [2.75, 3.05) is 32.6 Å². The van der Waals surface area contributed by atoms with Crippen molar-refractivity contribution in [1.82, 2.24) is 4.72 Å². The Morgan fingerprint density at radius 1 is 1.37 bits per heavy atom. The summed E-state index contributed by atoms with van der Waals surface area (Å²) in [6.45, 7) is 5.24. The smallest absolute Gasteiger partial charge is 0.240 e. The molecule has 0 bridgehead atoms. The summed E-state index contributed by atoms with van der Waals surface area (Å²) in [4.78, 5) is 0.305. The summed E-state index contributed by atoms with van der Waals surface area (Å²) in [6.07, 6.45) is 0. The highest BCUT2D eigenvalue weighted by molar-refractivity contribution is 7.89. The van der Waals surface area contributed by atoms with Crippen LogP contribution in [0.4, 0.5) is 5.69 Å². The lowest BCUT2D eigenvalue weighted by Crippen LogP contribution is -2.20. The third kappa shape index (κ3) is 4.49. The second kappa shape index (κ2) is 6.88. The Labute approximate surface area is 115 Å². The van der Waals surface area contributed by atoms with Gasteiger partial charge in [-0.3, -0.25) is 0 Å². The van der Waals surface area contributed by atoms with Gasteiger partial charge in [-0.05, 0) is 37.6 Å². The SMILES string of the molecule is CNS(=O)(=O)c1cc(NCC(C)COC)ccc1C. The number of hydrogen-bond acceptors (Lipinski definition) is 4. The van der Waals surface area contributed by atoms with Gasteiger partial charge < -0.3 is 10.1 Å². The molecule has 0 aliphatic rings. The van der Waals surface area contributed by atoms with Crippen molar-refractivity contribution >= 4 is 15.7 Å². The number of ether oxygens (including phenoxy) is 1. The maximum atomic E-state index is 11.9. The van der Waals surface area contributed by atoms with Crippen LogP contribution < -0.4 is 10.0 Å².